The van der Waals surface area contributed by atoms with Crippen molar-refractivity contribution in [3.05, 3.63) is 30.1 Å². The molecule has 5 heteroatoms. The van der Waals surface area contributed by atoms with Gasteiger partial charge >= 0.3 is 0 Å². The lowest BCUT2D eigenvalue weighted by Crippen LogP contribution is -2.23. The molecule has 0 amide bonds. The molecule has 1 unspecified atom stereocenters. The largest absolute Gasteiger partial charge is 0.399 e. The van der Waals surface area contributed by atoms with Gasteiger partial charge in [0.25, 0.3) is 0 Å². The summed E-state index contributed by atoms with van der Waals surface area (Å²) in [5.41, 5.74) is 7.36. The van der Waals surface area contributed by atoms with Crippen molar-refractivity contribution in [1.29, 1.82) is 0 Å². The Morgan fingerprint density at radius 2 is 2.29 bits per heavy atom. The zero-order chi connectivity index (χ0) is 11.8. The minimum Gasteiger partial charge on any atom is -0.399 e. The Kier molecular flexibility index (Phi) is 2.33. The highest BCUT2D eigenvalue weighted by molar-refractivity contribution is 5.60. The monoisotopic (exact) mass is 230 g/mol. The van der Waals surface area contributed by atoms with E-state index in [0.29, 0.717) is 17.9 Å². The third-order valence-corrected chi connectivity index (χ3v) is 2.99. The van der Waals surface area contributed by atoms with Crippen LogP contribution in [0.5, 0.6) is 0 Å². The maximum absolute atomic E-state index is 9.58. The average molecular weight is 230 g/mol. The lowest BCUT2D eigenvalue weighted by Gasteiger charge is -2.16. The number of nitrogens with two attached hydrogens (primary N) is 1. The molecule has 3 rings (SSSR count). The Hall–Kier alpha value is -1.88. The first-order chi connectivity index (χ1) is 8.22. The third kappa shape index (κ3) is 1.89. The molecule has 1 atom stereocenters. The topological polar surface area (TPSA) is 77.0 Å². The molecule has 1 aliphatic heterocycles. The van der Waals surface area contributed by atoms with Crippen LogP contribution in [0.2, 0.25) is 0 Å². The summed E-state index contributed by atoms with van der Waals surface area (Å²) in [6, 6.07) is 7.52. The van der Waals surface area contributed by atoms with Crippen LogP contribution in [-0.4, -0.2) is 26.0 Å². The van der Waals surface area contributed by atoms with Crippen molar-refractivity contribution < 1.29 is 5.11 Å². The predicted molar refractivity (Wildman–Crippen MR) is 64.2 cm³/mol. The summed E-state index contributed by atoms with van der Waals surface area (Å²) < 4.78 is 1.87. The summed E-state index contributed by atoms with van der Waals surface area (Å²) in [4.78, 5) is 4.45. The fourth-order valence-corrected chi connectivity index (χ4v) is 2.09. The van der Waals surface area contributed by atoms with Crippen molar-refractivity contribution in [2.24, 2.45) is 0 Å². The number of hydrogen-bond donors (Lipinski definition) is 2. The highest BCUT2D eigenvalue weighted by Gasteiger charge is 2.20. The molecule has 17 heavy (non-hydrogen) atoms. The van der Waals surface area contributed by atoms with Crippen LogP contribution in [0.4, 0.5) is 5.69 Å². The van der Waals surface area contributed by atoms with E-state index in [2.05, 4.69) is 10.1 Å². The number of hydrogen-bond acceptors (Lipinski definition) is 4. The molecule has 88 valence electrons. The van der Waals surface area contributed by atoms with Gasteiger partial charge in [0.2, 0.25) is 0 Å². The molecule has 1 aromatic carbocycles. The first-order valence-corrected chi connectivity index (χ1v) is 5.70. The molecule has 3 N–H and O–H groups in total. The number of fused-ring (bicyclic) bond motifs is 1. The van der Waals surface area contributed by atoms with Gasteiger partial charge < -0.3 is 10.8 Å². The van der Waals surface area contributed by atoms with Crippen molar-refractivity contribution in [3.8, 4) is 11.4 Å². The van der Waals surface area contributed by atoms with Crippen molar-refractivity contribution >= 4 is 5.69 Å². The van der Waals surface area contributed by atoms with E-state index in [1.54, 1.807) is 0 Å². The number of nitrogen functional groups attached to an aromatic ring is 1. The van der Waals surface area contributed by atoms with Crippen LogP contribution in [0.3, 0.4) is 0 Å². The SMILES string of the molecule is Nc1cccc(-c2nc3n(n2)CCC(O)C3)c1. The van der Waals surface area contributed by atoms with E-state index < -0.39 is 0 Å². The second-order valence-electron chi connectivity index (χ2n) is 4.35. The van der Waals surface area contributed by atoms with Crippen LogP contribution in [0.1, 0.15) is 12.2 Å². The number of nitrogens with zero attached hydrogens (tertiary/aromatic N) is 3. The van der Waals surface area contributed by atoms with Gasteiger partial charge in [0.1, 0.15) is 5.82 Å². The fourth-order valence-electron chi connectivity index (χ4n) is 2.09. The first kappa shape index (κ1) is 10.3. The van der Waals surface area contributed by atoms with Crippen LogP contribution in [0.25, 0.3) is 11.4 Å². The van der Waals surface area contributed by atoms with Crippen molar-refractivity contribution in [1.82, 2.24) is 14.8 Å². The summed E-state index contributed by atoms with van der Waals surface area (Å²) in [5, 5.41) is 14.0. The third-order valence-electron chi connectivity index (χ3n) is 2.99. The smallest absolute Gasteiger partial charge is 0.181 e. The van der Waals surface area contributed by atoms with Gasteiger partial charge in [-0.15, -0.1) is 0 Å². The molecule has 2 aromatic rings. The Bertz CT molecular complexity index is 549. The van der Waals surface area contributed by atoms with Crippen molar-refractivity contribution in [3.63, 3.8) is 0 Å². The normalized spacial score (nSPS) is 19.0. The number of aliphatic hydroxyl groups is 1. The molecule has 2 heterocycles. The minimum atomic E-state index is -0.291. The Morgan fingerprint density at radius 1 is 1.41 bits per heavy atom. The number of aromatic nitrogens is 3. The van der Waals surface area contributed by atoms with E-state index >= 15 is 0 Å². The quantitative estimate of drug-likeness (QED) is 0.711. The van der Waals surface area contributed by atoms with E-state index in [4.69, 9.17) is 5.73 Å². The lowest BCUT2D eigenvalue weighted by atomic mass is 10.1. The van der Waals surface area contributed by atoms with Crippen LogP contribution in [0, 0.1) is 0 Å². The fraction of sp³-hybridized carbons (Fsp3) is 0.333. The molecule has 0 saturated carbocycles. The van der Waals surface area contributed by atoms with E-state index in [1.165, 1.54) is 0 Å². The Balaban J connectivity index is 2.00. The zero-order valence-electron chi connectivity index (χ0n) is 9.37. The van der Waals surface area contributed by atoms with E-state index in [-0.39, 0.29) is 6.10 Å². The molecule has 1 aliphatic rings. The summed E-state index contributed by atoms with van der Waals surface area (Å²) in [6.07, 6.45) is 1.03. The van der Waals surface area contributed by atoms with Crippen LogP contribution in [-0.2, 0) is 13.0 Å². The predicted octanol–water partition coefficient (Wildman–Crippen LogP) is 0.834. The van der Waals surface area contributed by atoms with E-state index in [0.717, 1.165) is 24.4 Å². The highest BCUT2D eigenvalue weighted by atomic mass is 16.3. The van der Waals surface area contributed by atoms with Gasteiger partial charge in [0, 0.05) is 24.2 Å². The summed E-state index contributed by atoms with van der Waals surface area (Å²) in [7, 11) is 0. The Labute approximate surface area is 98.9 Å². The van der Waals surface area contributed by atoms with Crippen molar-refractivity contribution in [2.45, 2.75) is 25.5 Å². The molecule has 0 spiro atoms. The van der Waals surface area contributed by atoms with E-state index in [9.17, 15) is 5.11 Å². The molecule has 0 radical (unpaired) electrons. The lowest BCUT2D eigenvalue weighted by molar-refractivity contribution is 0.138. The average Bonchev–Trinajstić information content (AvgIpc) is 2.72. The molecule has 1 aromatic heterocycles. The second kappa shape index (κ2) is 3.85. The number of anilines is 1. The minimum absolute atomic E-state index is 0.291. The molecule has 0 saturated heterocycles. The standard InChI is InChI=1S/C12H14N4O/c13-9-3-1-2-8(6-9)12-14-11-7-10(17)4-5-16(11)15-12/h1-3,6,10,17H,4-5,7,13H2. The van der Waals surface area contributed by atoms with Gasteiger partial charge in [-0.2, -0.15) is 5.10 Å². The number of rotatable bonds is 1. The summed E-state index contributed by atoms with van der Waals surface area (Å²) in [6.45, 7) is 0.728. The van der Waals surface area contributed by atoms with Crippen LogP contribution < -0.4 is 5.73 Å². The maximum Gasteiger partial charge on any atom is 0.181 e. The number of aliphatic hydroxyl groups excluding tert-OH is 1. The molecular weight excluding hydrogens is 216 g/mol. The zero-order valence-corrected chi connectivity index (χ0v) is 9.37. The van der Waals surface area contributed by atoms with Crippen LogP contribution in [0.15, 0.2) is 24.3 Å². The van der Waals surface area contributed by atoms with Crippen LogP contribution >= 0.6 is 0 Å². The molecule has 0 bridgehead atoms. The van der Waals surface area contributed by atoms with Gasteiger partial charge in [0.15, 0.2) is 5.82 Å². The van der Waals surface area contributed by atoms with Gasteiger partial charge in [-0.3, -0.25) is 0 Å². The number of benzene rings is 1. The van der Waals surface area contributed by atoms with Gasteiger partial charge in [-0.1, -0.05) is 12.1 Å². The molecule has 0 fully saturated rings. The Morgan fingerprint density at radius 3 is 3.12 bits per heavy atom. The van der Waals surface area contributed by atoms with Gasteiger partial charge in [-0.05, 0) is 18.6 Å². The second-order valence-corrected chi connectivity index (χ2v) is 4.35. The number of aryl methyl sites for hydroxylation is 1. The molecule has 0 aliphatic carbocycles. The molecule has 5 nitrogen and oxygen atoms in total. The summed E-state index contributed by atoms with van der Waals surface area (Å²) in [5.74, 6) is 1.53. The van der Waals surface area contributed by atoms with Gasteiger partial charge in [-0.25, -0.2) is 9.67 Å². The van der Waals surface area contributed by atoms with Gasteiger partial charge in [0.05, 0.1) is 6.10 Å². The highest BCUT2D eigenvalue weighted by Crippen LogP contribution is 2.21. The maximum atomic E-state index is 9.58. The first-order valence-electron chi connectivity index (χ1n) is 5.70. The summed E-state index contributed by atoms with van der Waals surface area (Å²) >= 11 is 0. The van der Waals surface area contributed by atoms with E-state index in [1.807, 2.05) is 28.9 Å². The van der Waals surface area contributed by atoms with Crippen molar-refractivity contribution in [2.75, 3.05) is 5.73 Å². The molecular formula is C12H14N4O.